The van der Waals surface area contributed by atoms with Gasteiger partial charge in [-0.3, -0.25) is 9.36 Å². The smallest absolute Gasteiger partial charge is 0.280 e. The van der Waals surface area contributed by atoms with Crippen molar-refractivity contribution >= 4 is 25.6 Å². The molecule has 0 amide bonds. The number of nitrogen functional groups attached to an aromatic ring is 1. The Labute approximate surface area is 126 Å². The zero-order valence-corrected chi connectivity index (χ0v) is 13.0. The van der Waals surface area contributed by atoms with E-state index in [1.165, 1.54) is 17.8 Å². The molecule has 2 aromatic rings. The highest BCUT2D eigenvalue weighted by atomic mass is 35.7. The maximum absolute atomic E-state index is 10.7. The van der Waals surface area contributed by atoms with Crippen molar-refractivity contribution in [2.45, 2.75) is 18.2 Å². The molecular weight excluding hydrogens is 322 g/mol. The van der Waals surface area contributed by atoms with Crippen LogP contribution in [0.15, 0.2) is 17.2 Å². The number of aryl methyl sites for hydroxylation is 2. The number of halogens is 1. The van der Waals surface area contributed by atoms with Crippen LogP contribution in [0, 0.1) is 0 Å². The quantitative estimate of drug-likeness (QED) is 0.632. The summed E-state index contributed by atoms with van der Waals surface area (Å²) in [6, 6.07) is 2.86. The van der Waals surface area contributed by atoms with Crippen LogP contribution >= 0.6 is 10.7 Å². The van der Waals surface area contributed by atoms with E-state index in [4.69, 9.17) is 26.6 Å². The molecule has 0 unspecified atom stereocenters. The van der Waals surface area contributed by atoms with E-state index in [1.807, 2.05) is 0 Å². The van der Waals surface area contributed by atoms with Crippen LogP contribution < -0.4 is 5.73 Å². The summed E-state index contributed by atoms with van der Waals surface area (Å²) >= 11 is 0. The monoisotopic (exact) mass is 337 g/mol. The SMILES string of the molecule is Cn1nc(N)cc1CO.Cn1nc(S(=O)(=O)Cl)cc1CO. The molecule has 0 aromatic carbocycles. The number of hydrogen-bond donors (Lipinski definition) is 3. The molecule has 118 valence electrons. The van der Waals surface area contributed by atoms with Gasteiger partial charge in [-0.05, 0) is 0 Å². The molecule has 0 atom stereocenters. The highest BCUT2D eigenvalue weighted by Gasteiger charge is 2.15. The van der Waals surface area contributed by atoms with Crippen molar-refractivity contribution in [1.29, 1.82) is 0 Å². The van der Waals surface area contributed by atoms with Gasteiger partial charge in [-0.1, -0.05) is 0 Å². The molecule has 0 fully saturated rings. The van der Waals surface area contributed by atoms with E-state index in [-0.39, 0.29) is 18.2 Å². The van der Waals surface area contributed by atoms with E-state index in [2.05, 4.69) is 10.2 Å². The molecule has 2 rings (SSSR count). The van der Waals surface area contributed by atoms with Gasteiger partial charge in [0.2, 0.25) is 0 Å². The largest absolute Gasteiger partial charge is 0.390 e. The van der Waals surface area contributed by atoms with Gasteiger partial charge in [0, 0.05) is 36.9 Å². The fourth-order valence-electron chi connectivity index (χ4n) is 1.42. The van der Waals surface area contributed by atoms with Crippen LogP contribution in [0.5, 0.6) is 0 Å². The van der Waals surface area contributed by atoms with Gasteiger partial charge >= 0.3 is 0 Å². The predicted octanol–water partition coefficient (Wildman–Crippen LogP) is -0.666. The van der Waals surface area contributed by atoms with Crippen LogP contribution in [-0.4, -0.2) is 38.2 Å². The first-order valence-corrected chi connectivity index (χ1v) is 7.97. The lowest BCUT2D eigenvalue weighted by Crippen LogP contribution is -1.98. The van der Waals surface area contributed by atoms with Crippen LogP contribution in [0.1, 0.15) is 11.4 Å². The van der Waals surface area contributed by atoms with Crippen molar-refractivity contribution in [2.75, 3.05) is 5.73 Å². The minimum Gasteiger partial charge on any atom is -0.390 e. The van der Waals surface area contributed by atoms with Crippen molar-refractivity contribution in [2.24, 2.45) is 14.1 Å². The van der Waals surface area contributed by atoms with E-state index >= 15 is 0 Å². The molecule has 0 aliphatic heterocycles. The van der Waals surface area contributed by atoms with Gasteiger partial charge in [0.25, 0.3) is 9.05 Å². The Kier molecular flexibility index (Phi) is 5.72. The molecule has 0 saturated carbocycles. The summed E-state index contributed by atoms with van der Waals surface area (Å²) in [4.78, 5) is 0. The Morgan fingerprint density at radius 1 is 1.14 bits per heavy atom. The predicted molar refractivity (Wildman–Crippen MR) is 75.7 cm³/mol. The zero-order valence-electron chi connectivity index (χ0n) is 11.4. The third-order valence-corrected chi connectivity index (χ3v) is 3.70. The summed E-state index contributed by atoms with van der Waals surface area (Å²) in [6.45, 7) is -0.281. The Hall–Kier alpha value is -1.62. The van der Waals surface area contributed by atoms with E-state index in [9.17, 15) is 8.42 Å². The van der Waals surface area contributed by atoms with Crippen molar-refractivity contribution in [3.05, 3.63) is 23.5 Å². The second-order valence-electron chi connectivity index (χ2n) is 4.04. The lowest BCUT2D eigenvalue weighted by atomic mass is 10.4. The van der Waals surface area contributed by atoms with E-state index in [1.54, 1.807) is 17.8 Å². The molecule has 0 saturated heterocycles. The van der Waals surface area contributed by atoms with Crippen LogP contribution in [0.2, 0.25) is 0 Å². The highest BCUT2D eigenvalue weighted by molar-refractivity contribution is 8.13. The van der Waals surface area contributed by atoms with Crippen molar-refractivity contribution in [1.82, 2.24) is 19.6 Å². The summed E-state index contributed by atoms with van der Waals surface area (Å²) in [5.41, 5.74) is 6.44. The topological polar surface area (TPSA) is 136 Å². The minimum atomic E-state index is -3.79. The third-order valence-electron chi connectivity index (χ3n) is 2.52. The molecule has 4 N–H and O–H groups in total. The van der Waals surface area contributed by atoms with Crippen LogP contribution in [-0.2, 0) is 36.4 Å². The molecule has 0 spiro atoms. The van der Waals surface area contributed by atoms with Gasteiger partial charge in [-0.25, -0.2) is 8.42 Å². The highest BCUT2D eigenvalue weighted by Crippen LogP contribution is 2.13. The minimum absolute atomic E-state index is 0.0132. The van der Waals surface area contributed by atoms with Crippen LogP contribution in [0.4, 0.5) is 5.82 Å². The summed E-state index contributed by atoms with van der Waals surface area (Å²) in [5, 5.41) is 24.5. The zero-order chi connectivity index (χ0) is 16.2. The third kappa shape index (κ3) is 4.70. The van der Waals surface area contributed by atoms with E-state index < -0.39 is 9.05 Å². The van der Waals surface area contributed by atoms with Crippen molar-refractivity contribution in [3.63, 3.8) is 0 Å². The van der Waals surface area contributed by atoms with E-state index in [0.29, 0.717) is 11.5 Å². The summed E-state index contributed by atoms with van der Waals surface area (Å²) in [7, 11) is 4.49. The van der Waals surface area contributed by atoms with E-state index in [0.717, 1.165) is 5.69 Å². The first-order valence-electron chi connectivity index (χ1n) is 5.66. The first kappa shape index (κ1) is 17.4. The first-order chi connectivity index (χ1) is 9.68. The number of aliphatic hydroxyl groups is 2. The fourth-order valence-corrected chi connectivity index (χ4v) is 2.15. The second kappa shape index (κ2) is 6.89. The molecule has 11 heteroatoms. The Balaban J connectivity index is 0.000000219. The van der Waals surface area contributed by atoms with Gasteiger partial charge < -0.3 is 15.9 Å². The maximum atomic E-state index is 10.7. The molecule has 0 bridgehead atoms. The van der Waals surface area contributed by atoms with Crippen LogP contribution in [0.25, 0.3) is 0 Å². The average molecular weight is 338 g/mol. The number of anilines is 1. The van der Waals surface area contributed by atoms with Gasteiger partial charge in [-0.15, -0.1) is 0 Å². The normalized spacial score (nSPS) is 11.1. The van der Waals surface area contributed by atoms with Crippen LogP contribution in [0.3, 0.4) is 0 Å². The molecule has 0 aliphatic carbocycles. The number of rotatable bonds is 3. The molecular formula is C10H16ClN5O4S. The summed E-state index contributed by atoms with van der Waals surface area (Å²) < 4.78 is 24.3. The Morgan fingerprint density at radius 3 is 1.86 bits per heavy atom. The van der Waals surface area contributed by atoms with Gasteiger partial charge in [0.15, 0.2) is 5.03 Å². The lowest BCUT2D eigenvalue weighted by molar-refractivity contribution is 0.270. The Bertz CT molecular complexity index is 709. The number of aromatic nitrogens is 4. The number of hydrogen-bond acceptors (Lipinski definition) is 7. The number of nitrogens with zero attached hydrogens (tertiary/aromatic N) is 4. The molecule has 9 nitrogen and oxygen atoms in total. The standard InChI is InChI=1S/C5H7ClN2O3S.C5H9N3O/c1-8-4(3-9)2-5(7-8)12(6,10)11;1-8-4(3-9)2-5(6)7-8/h2,9H,3H2,1H3;2,9H,3H2,1H3,(H2,6,7). The number of nitrogens with two attached hydrogens (primary N) is 1. The fraction of sp³-hybridized carbons (Fsp3) is 0.400. The summed E-state index contributed by atoms with van der Waals surface area (Å²) in [5.74, 6) is 0.446. The van der Waals surface area contributed by atoms with Gasteiger partial charge in [0.1, 0.15) is 5.82 Å². The maximum Gasteiger partial charge on any atom is 0.280 e. The average Bonchev–Trinajstić information content (AvgIpc) is 2.92. The van der Waals surface area contributed by atoms with Gasteiger partial charge in [-0.2, -0.15) is 10.2 Å². The van der Waals surface area contributed by atoms with Gasteiger partial charge in [0.05, 0.1) is 24.6 Å². The molecule has 2 aromatic heterocycles. The lowest BCUT2D eigenvalue weighted by Gasteiger charge is -1.92. The molecule has 2 heterocycles. The second-order valence-corrected chi connectivity index (χ2v) is 6.55. The molecule has 0 radical (unpaired) electrons. The molecule has 0 aliphatic rings. The summed E-state index contributed by atoms with van der Waals surface area (Å²) in [6.07, 6.45) is 0. The van der Waals surface area contributed by atoms with Crippen molar-refractivity contribution < 1.29 is 18.6 Å². The Morgan fingerprint density at radius 2 is 1.62 bits per heavy atom. The number of aliphatic hydroxyl groups excluding tert-OH is 2. The van der Waals surface area contributed by atoms with Crippen molar-refractivity contribution in [3.8, 4) is 0 Å². The molecule has 21 heavy (non-hydrogen) atoms.